The minimum absolute atomic E-state index is 0.0349. The van der Waals surface area contributed by atoms with E-state index >= 15 is 0 Å². The van der Waals surface area contributed by atoms with E-state index in [4.69, 9.17) is 16.0 Å². The zero-order valence-electron chi connectivity index (χ0n) is 8.42. The fourth-order valence-corrected chi connectivity index (χ4v) is 1.86. The number of rotatable bonds is 3. The maximum Gasteiger partial charge on any atom is 0.213 e. The predicted molar refractivity (Wildman–Crippen MR) is 60.6 cm³/mol. The number of aryl methyl sites for hydroxylation is 1. The third-order valence-electron chi connectivity index (χ3n) is 2.43. The summed E-state index contributed by atoms with van der Waals surface area (Å²) in [6, 6.07) is 7.65. The van der Waals surface area contributed by atoms with Crippen LogP contribution in [0.25, 0.3) is 11.0 Å². The van der Waals surface area contributed by atoms with Crippen LogP contribution in [0.3, 0.4) is 0 Å². The summed E-state index contributed by atoms with van der Waals surface area (Å²) in [4.78, 5) is 11.5. The third-order valence-corrected chi connectivity index (χ3v) is 2.67. The van der Waals surface area contributed by atoms with Crippen molar-refractivity contribution in [2.24, 2.45) is 0 Å². The number of hydrogen-bond donors (Lipinski definition) is 0. The molecule has 0 aliphatic heterocycles. The van der Waals surface area contributed by atoms with Crippen molar-refractivity contribution in [1.82, 2.24) is 0 Å². The molecule has 0 N–H and O–H groups in total. The number of alkyl halides is 1. The molecule has 2 nitrogen and oxygen atoms in total. The monoisotopic (exact) mass is 222 g/mol. The van der Waals surface area contributed by atoms with Crippen LogP contribution in [0, 0.1) is 0 Å². The lowest BCUT2D eigenvalue weighted by Gasteiger charge is -1.95. The van der Waals surface area contributed by atoms with E-state index in [9.17, 15) is 4.79 Å². The first-order valence-electron chi connectivity index (χ1n) is 4.87. The molecule has 1 aromatic carbocycles. The van der Waals surface area contributed by atoms with Gasteiger partial charge in [0.1, 0.15) is 5.58 Å². The Labute approximate surface area is 92.8 Å². The van der Waals surface area contributed by atoms with E-state index in [1.807, 2.05) is 31.2 Å². The van der Waals surface area contributed by atoms with Gasteiger partial charge in [-0.25, -0.2) is 0 Å². The molecule has 0 amide bonds. The van der Waals surface area contributed by atoms with Crippen LogP contribution in [-0.2, 0) is 6.42 Å². The fourth-order valence-electron chi connectivity index (χ4n) is 1.74. The van der Waals surface area contributed by atoms with Gasteiger partial charge in [-0.1, -0.05) is 25.1 Å². The largest absolute Gasteiger partial charge is 0.453 e. The third kappa shape index (κ3) is 1.65. The van der Waals surface area contributed by atoms with E-state index in [1.54, 1.807) is 0 Å². The van der Waals surface area contributed by atoms with Gasteiger partial charge in [-0.3, -0.25) is 4.79 Å². The van der Waals surface area contributed by atoms with E-state index in [2.05, 4.69) is 0 Å². The first kappa shape index (κ1) is 10.2. The second-order valence-electron chi connectivity index (χ2n) is 3.32. The van der Waals surface area contributed by atoms with Gasteiger partial charge in [0.15, 0.2) is 5.76 Å². The molecule has 0 fully saturated rings. The molecule has 0 saturated heterocycles. The number of para-hydroxylation sites is 1. The van der Waals surface area contributed by atoms with E-state index in [0.717, 1.165) is 23.0 Å². The quantitative estimate of drug-likeness (QED) is 0.589. The molecular formula is C12H11ClO2. The van der Waals surface area contributed by atoms with Crippen molar-refractivity contribution in [2.75, 3.05) is 5.88 Å². The van der Waals surface area contributed by atoms with Crippen molar-refractivity contribution in [3.63, 3.8) is 0 Å². The van der Waals surface area contributed by atoms with Crippen LogP contribution >= 0.6 is 11.6 Å². The van der Waals surface area contributed by atoms with Gasteiger partial charge in [0.05, 0.1) is 5.88 Å². The van der Waals surface area contributed by atoms with Crippen molar-refractivity contribution < 1.29 is 9.21 Å². The second kappa shape index (κ2) is 4.07. The highest BCUT2D eigenvalue weighted by molar-refractivity contribution is 6.30. The number of halogens is 1. The van der Waals surface area contributed by atoms with Crippen molar-refractivity contribution in [3.05, 3.63) is 35.6 Å². The van der Waals surface area contributed by atoms with Gasteiger partial charge in [-0.05, 0) is 12.5 Å². The summed E-state index contributed by atoms with van der Waals surface area (Å²) in [5.74, 6) is 0.228. The van der Waals surface area contributed by atoms with Crippen LogP contribution in [-0.4, -0.2) is 11.7 Å². The smallest absolute Gasteiger partial charge is 0.213 e. The molecule has 0 unspecified atom stereocenters. The Morgan fingerprint density at radius 1 is 1.40 bits per heavy atom. The summed E-state index contributed by atoms with van der Waals surface area (Å²) in [6.07, 6.45) is 0.773. The molecule has 78 valence electrons. The number of furan rings is 1. The number of benzene rings is 1. The first-order valence-corrected chi connectivity index (χ1v) is 5.41. The fraction of sp³-hybridized carbons (Fsp3) is 0.250. The molecule has 0 aliphatic carbocycles. The predicted octanol–water partition coefficient (Wildman–Crippen LogP) is 3.42. The summed E-state index contributed by atoms with van der Waals surface area (Å²) in [7, 11) is 0. The number of carbonyl (C=O) groups is 1. The number of ketones is 1. The van der Waals surface area contributed by atoms with Crippen molar-refractivity contribution >= 4 is 28.4 Å². The van der Waals surface area contributed by atoms with Gasteiger partial charge >= 0.3 is 0 Å². The van der Waals surface area contributed by atoms with E-state index in [1.165, 1.54) is 0 Å². The molecule has 0 saturated carbocycles. The molecule has 1 heterocycles. The topological polar surface area (TPSA) is 30.2 Å². The Balaban J connectivity index is 2.69. The van der Waals surface area contributed by atoms with Crippen molar-refractivity contribution in [1.29, 1.82) is 0 Å². The Morgan fingerprint density at radius 3 is 2.80 bits per heavy atom. The summed E-state index contributed by atoms with van der Waals surface area (Å²) < 4.78 is 5.51. The Kier molecular flexibility index (Phi) is 2.78. The highest BCUT2D eigenvalue weighted by atomic mass is 35.5. The molecule has 1 aromatic heterocycles. The van der Waals surface area contributed by atoms with E-state index in [-0.39, 0.29) is 11.7 Å². The lowest BCUT2D eigenvalue weighted by Crippen LogP contribution is -2.01. The molecule has 2 aromatic rings. The Morgan fingerprint density at radius 2 is 2.13 bits per heavy atom. The summed E-state index contributed by atoms with van der Waals surface area (Å²) in [5, 5.41) is 1.01. The summed E-state index contributed by atoms with van der Waals surface area (Å²) >= 11 is 5.53. The van der Waals surface area contributed by atoms with Crippen molar-refractivity contribution in [2.45, 2.75) is 13.3 Å². The van der Waals surface area contributed by atoms with E-state index < -0.39 is 0 Å². The zero-order chi connectivity index (χ0) is 10.8. The average molecular weight is 223 g/mol. The van der Waals surface area contributed by atoms with Crippen LogP contribution < -0.4 is 0 Å². The molecule has 0 bridgehead atoms. The zero-order valence-corrected chi connectivity index (χ0v) is 9.17. The maximum absolute atomic E-state index is 11.5. The van der Waals surface area contributed by atoms with E-state index in [0.29, 0.717) is 5.76 Å². The minimum Gasteiger partial charge on any atom is -0.453 e. The van der Waals surface area contributed by atoms with Crippen LogP contribution in [0.4, 0.5) is 0 Å². The van der Waals surface area contributed by atoms with Gasteiger partial charge in [-0.2, -0.15) is 0 Å². The average Bonchev–Trinajstić information content (AvgIpc) is 2.66. The van der Waals surface area contributed by atoms with Gasteiger partial charge in [0, 0.05) is 10.9 Å². The first-order chi connectivity index (χ1) is 7.27. The highest BCUT2D eigenvalue weighted by Gasteiger charge is 2.17. The van der Waals surface area contributed by atoms with Crippen LogP contribution in [0.2, 0.25) is 0 Å². The Bertz CT molecular complexity index is 499. The number of fused-ring (bicyclic) bond motifs is 1. The Hall–Kier alpha value is -1.28. The molecule has 0 aliphatic rings. The molecular weight excluding hydrogens is 212 g/mol. The minimum atomic E-state index is -0.148. The molecule has 3 heteroatoms. The van der Waals surface area contributed by atoms with Crippen LogP contribution in [0.1, 0.15) is 23.0 Å². The lowest BCUT2D eigenvalue weighted by atomic mass is 10.1. The second-order valence-corrected chi connectivity index (χ2v) is 3.58. The lowest BCUT2D eigenvalue weighted by molar-refractivity contribution is 0.0991. The molecule has 0 atom stereocenters. The van der Waals surface area contributed by atoms with Gasteiger partial charge in [0.25, 0.3) is 0 Å². The van der Waals surface area contributed by atoms with Gasteiger partial charge < -0.3 is 4.42 Å². The van der Waals surface area contributed by atoms with Crippen LogP contribution in [0.5, 0.6) is 0 Å². The number of Topliss-reactive ketones (excluding diaryl/α,β-unsaturated/α-hetero) is 1. The van der Waals surface area contributed by atoms with Crippen molar-refractivity contribution in [3.8, 4) is 0 Å². The SMILES string of the molecule is CCc1c(C(=O)CCl)oc2ccccc12. The van der Waals surface area contributed by atoms with Crippen LogP contribution in [0.15, 0.2) is 28.7 Å². The normalized spacial score (nSPS) is 10.8. The highest BCUT2D eigenvalue weighted by Crippen LogP contribution is 2.26. The summed E-state index contributed by atoms with van der Waals surface area (Å²) in [5.41, 5.74) is 1.71. The number of hydrogen-bond acceptors (Lipinski definition) is 2. The molecule has 2 rings (SSSR count). The van der Waals surface area contributed by atoms with Gasteiger partial charge in [0.2, 0.25) is 5.78 Å². The standard InChI is InChI=1S/C12H11ClO2/c1-2-8-9-5-3-4-6-11(9)15-12(8)10(14)7-13/h3-6H,2,7H2,1H3. The van der Waals surface area contributed by atoms with Gasteiger partial charge in [-0.15, -0.1) is 11.6 Å². The summed E-state index contributed by atoms with van der Waals surface area (Å²) in [6.45, 7) is 2.00. The maximum atomic E-state index is 11.5. The molecule has 0 radical (unpaired) electrons. The number of carbonyl (C=O) groups excluding carboxylic acids is 1. The molecule has 15 heavy (non-hydrogen) atoms. The molecule has 0 spiro atoms.